The van der Waals surface area contributed by atoms with Crippen LogP contribution in [0.15, 0.2) is 36.5 Å². The molecule has 4 heteroatoms. The summed E-state index contributed by atoms with van der Waals surface area (Å²) >= 11 is 3.56. The van der Waals surface area contributed by atoms with Crippen LogP contribution in [-0.4, -0.2) is 33.7 Å². The fourth-order valence-electron chi connectivity index (χ4n) is 3.03. The Morgan fingerprint density at radius 2 is 2.10 bits per heavy atom. The van der Waals surface area contributed by atoms with Crippen LogP contribution in [0.25, 0.3) is 10.8 Å². The molecular formula is C17H19BrN2O. The van der Waals surface area contributed by atoms with Gasteiger partial charge in [-0.25, -0.2) is 0 Å². The van der Waals surface area contributed by atoms with Crippen LogP contribution in [0.4, 0.5) is 0 Å². The summed E-state index contributed by atoms with van der Waals surface area (Å²) in [6.07, 6.45) is 6.29. The molecule has 2 heterocycles. The minimum atomic E-state index is 0.0677. The lowest BCUT2D eigenvalue weighted by Crippen LogP contribution is -2.41. The molecule has 1 fully saturated rings. The molecule has 1 atom stereocenters. The van der Waals surface area contributed by atoms with Crippen LogP contribution in [0.5, 0.6) is 0 Å². The summed E-state index contributed by atoms with van der Waals surface area (Å²) in [5.74, 6) is 0.0677. The zero-order chi connectivity index (χ0) is 14.7. The Labute approximate surface area is 133 Å². The van der Waals surface area contributed by atoms with Gasteiger partial charge in [0.25, 0.3) is 5.91 Å². The molecule has 1 aromatic heterocycles. The monoisotopic (exact) mass is 346 g/mol. The lowest BCUT2D eigenvalue weighted by atomic mass is 10.1. The molecular weight excluding hydrogens is 328 g/mol. The average Bonchev–Trinajstić information content (AvgIpc) is 2.79. The van der Waals surface area contributed by atoms with Crippen molar-refractivity contribution in [3.63, 3.8) is 0 Å². The predicted octanol–water partition coefficient (Wildman–Crippen LogP) is 4.01. The van der Waals surface area contributed by atoms with Gasteiger partial charge < -0.3 is 4.90 Å². The van der Waals surface area contributed by atoms with Crippen molar-refractivity contribution in [1.29, 1.82) is 0 Å². The Morgan fingerprint density at radius 1 is 1.24 bits per heavy atom. The number of benzene rings is 1. The Bertz CT molecular complexity index is 638. The van der Waals surface area contributed by atoms with Crippen molar-refractivity contribution >= 4 is 32.6 Å². The topological polar surface area (TPSA) is 33.2 Å². The second-order valence-corrected chi connectivity index (χ2v) is 6.18. The first-order valence-electron chi connectivity index (χ1n) is 7.52. The zero-order valence-electron chi connectivity index (χ0n) is 12.0. The van der Waals surface area contributed by atoms with E-state index in [1.165, 1.54) is 12.8 Å². The lowest BCUT2D eigenvalue weighted by molar-refractivity contribution is 0.0698. The molecule has 1 unspecified atom stereocenters. The van der Waals surface area contributed by atoms with Crippen LogP contribution in [0, 0.1) is 0 Å². The number of nitrogens with zero attached hydrogens (tertiary/aromatic N) is 2. The molecule has 1 aliphatic rings. The summed E-state index contributed by atoms with van der Waals surface area (Å²) in [7, 11) is 0. The number of hydrogen-bond acceptors (Lipinski definition) is 2. The van der Waals surface area contributed by atoms with Gasteiger partial charge in [0.1, 0.15) is 5.69 Å². The summed E-state index contributed by atoms with van der Waals surface area (Å²) in [4.78, 5) is 19.4. The number of pyridine rings is 1. The second-order valence-electron chi connectivity index (χ2n) is 5.54. The Balaban J connectivity index is 1.99. The molecule has 0 saturated carbocycles. The fourth-order valence-corrected chi connectivity index (χ4v) is 3.70. The number of carbonyl (C=O) groups excluding carboxylic acids is 1. The van der Waals surface area contributed by atoms with Crippen molar-refractivity contribution in [2.75, 3.05) is 11.9 Å². The Kier molecular flexibility index (Phi) is 4.54. The number of likely N-dealkylation sites (tertiary alicyclic amines) is 1. The molecule has 1 aromatic carbocycles. The summed E-state index contributed by atoms with van der Waals surface area (Å²) in [6.45, 7) is 0.833. The predicted molar refractivity (Wildman–Crippen MR) is 88.8 cm³/mol. The van der Waals surface area contributed by atoms with E-state index in [0.717, 1.165) is 35.5 Å². The van der Waals surface area contributed by atoms with Crippen LogP contribution < -0.4 is 0 Å². The van der Waals surface area contributed by atoms with Crippen molar-refractivity contribution in [2.45, 2.75) is 31.7 Å². The van der Waals surface area contributed by atoms with E-state index < -0.39 is 0 Å². The highest BCUT2D eigenvalue weighted by molar-refractivity contribution is 9.09. The van der Waals surface area contributed by atoms with Crippen molar-refractivity contribution in [2.24, 2.45) is 0 Å². The third kappa shape index (κ3) is 2.95. The van der Waals surface area contributed by atoms with Gasteiger partial charge in [0, 0.05) is 29.5 Å². The average molecular weight is 347 g/mol. The summed E-state index contributed by atoms with van der Waals surface area (Å²) in [6, 6.07) is 10.2. The van der Waals surface area contributed by atoms with Crippen LogP contribution in [0.3, 0.4) is 0 Å². The lowest BCUT2D eigenvalue weighted by Gasteiger charge is -2.28. The largest absolute Gasteiger partial charge is 0.333 e. The molecule has 0 N–H and O–H groups in total. The third-order valence-corrected chi connectivity index (χ3v) is 4.94. The highest BCUT2D eigenvalue weighted by atomic mass is 79.9. The van der Waals surface area contributed by atoms with Gasteiger partial charge in [-0.3, -0.25) is 9.78 Å². The van der Waals surface area contributed by atoms with E-state index in [1.54, 1.807) is 6.20 Å². The number of rotatable bonds is 2. The molecule has 0 radical (unpaired) electrons. The van der Waals surface area contributed by atoms with Crippen molar-refractivity contribution < 1.29 is 4.79 Å². The van der Waals surface area contributed by atoms with Gasteiger partial charge >= 0.3 is 0 Å². The number of fused-ring (bicyclic) bond motifs is 1. The molecule has 1 amide bonds. The standard InChI is InChI=1S/C17H19BrN2O/c18-12-14-7-2-1-5-11-20(14)17(21)16-15-8-4-3-6-13(15)9-10-19-16/h3-4,6,8-10,14H,1-2,5,7,11-12H2. The molecule has 2 aromatic rings. The first kappa shape index (κ1) is 14.5. The minimum absolute atomic E-state index is 0.0677. The number of aromatic nitrogens is 1. The molecule has 21 heavy (non-hydrogen) atoms. The van der Waals surface area contributed by atoms with E-state index in [9.17, 15) is 4.79 Å². The highest BCUT2D eigenvalue weighted by Gasteiger charge is 2.27. The number of amides is 1. The smallest absolute Gasteiger partial charge is 0.273 e. The second kappa shape index (κ2) is 6.56. The Morgan fingerprint density at radius 3 is 2.95 bits per heavy atom. The van der Waals surface area contributed by atoms with Gasteiger partial charge in [-0.1, -0.05) is 53.0 Å². The molecule has 0 spiro atoms. The van der Waals surface area contributed by atoms with Crippen molar-refractivity contribution in [3.8, 4) is 0 Å². The van der Waals surface area contributed by atoms with Gasteiger partial charge in [0.15, 0.2) is 0 Å². The van der Waals surface area contributed by atoms with Crippen LogP contribution in [-0.2, 0) is 0 Å². The molecule has 3 nitrogen and oxygen atoms in total. The van der Waals surface area contributed by atoms with E-state index in [2.05, 4.69) is 20.9 Å². The summed E-state index contributed by atoms with van der Waals surface area (Å²) in [5.41, 5.74) is 0.584. The van der Waals surface area contributed by atoms with Gasteiger partial charge in [-0.05, 0) is 24.3 Å². The van der Waals surface area contributed by atoms with E-state index in [0.29, 0.717) is 5.69 Å². The SMILES string of the molecule is O=C(c1nccc2ccccc12)N1CCCCCC1CBr. The minimum Gasteiger partial charge on any atom is -0.333 e. The summed E-state index contributed by atoms with van der Waals surface area (Å²) < 4.78 is 0. The van der Waals surface area contributed by atoms with Gasteiger partial charge in [0.2, 0.25) is 0 Å². The molecule has 1 aliphatic heterocycles. The quantitative estimate of drug-likeness (QED) is 0.769. The van der Waals surface area contributed by atoms with Gasteiger partial charge in [-0.15, -0.1) is 0 Å². The number of halogens is 1. The first-order valence-corrected chi connectivity index (χ1v) is 8.64. The van der Waals surface area contributed by atoms with Crippen LogP contribution in [0.1, 0.15) is 36.2 Å². The molecule has 110 valence electrons. The third-order valence-electron chi connectivity index (χ3n) is 4.19. The zero-order valence-corrected chi connectivity index (χ0v) is 13.6. The number of hydrogen-bond donors (Lipinski definition) is 0. The maximum absolute atomic E-state index is 13.0. The van der Waals surface area contributed by atoms with E-state index in [-0.39, 0.29) is 11.9 Å². The van der Waals surface area contributed by atoms with Gasteiger partial charge in [0.05, 0.1) is 0 Å². The van der Waals surface area contributed by atoms with Crippen LogP contribution in [0.2, 0.25) is 0 Å². The number of alkyl halides is 1. The van der Waals surface area contributed by atoms with E-state index in [1.807, 2.05) is 35.2 Å². The molecule has 3 rings (SSSR count). The van der Waals surface area contributed by atoms with Crippen LogP contribution >= 0.6 is 15.9 Å². The number of carbonyl (C=O) groups is 1. The molecule has 0 bridgehead atoms. The van der Waals surface area contributed by atoms with Crippen molar-refractivity contribution in [3.05, 3.63) is 42.2 Å². The van der Waals surface area contributed by atoms with E-state index in [4.69, 9.17) is 0 Å². The van der Waals surface area contributed by atoms with Gasteiger partial charge in [-0.2, -0.15) is 0 Å². The Hall–Kier alpha value is -1.42. The fraction of sp³-hybridized carbons (Fsp3) is 0.412. The first-order chi connectivity index (χ1) is 10.3. The maximum Gasteiger partial charge on any atom is 0.273 e. The van der Waals surface area contributed by atoms with Crippen molar-refractivity contribution in [1.82, 2.24) is 9.88 Å². The summed E-state index contributed by atoms with van der Waals surface area (Å²) in [5, 5.41) is 2.85. The maximum atomic E-state index is 13.0. The highest BCUT2D eigenvalue weighted by Crippen LogP contribution is 2.23. The van der Waals surface area contributed by atoms with E-state index >= 15 is 0 Å². The molecule has 0 aliphatic carbocycles. The molecule has 1 saturated heterocycles. The normalized spacial score (nSPS) is 19.5.